The van der Waals surface area contributed by atoms with Crippen LogP contribution in [0, 0.1) is 0 Å². The van der Waals surface area contributed by atoms with Crippen molar-refractivity contribution in [2.24, 2.45) is 5.73 Å². The number of nitrogens with two attached hydrogens (primary N) is 1. The fourth-order valence-corrected chi connectivity index (χ4v) is 2.70. The summed E-state index contributed by atoms with van der Waals surface area (Å²) in [4.78, 5) is 12.2. The van der Waals surface area contributed by atoms with Gasteiger partial charge in [0.1, 0.15) is 6.10 Å². The van der Waals surface area contributed by atoms with Gasteiger partial charge in [0.2, 0.25) is 11.7 Å². The molecular formula is C17H27ClN2O5. The van der Waals surface area contributed by atoms with Crippen LogP contribution in [0.2, 0.25) is 0 Å². The second-order valence-corrected chi connectivity index (χ2v) is 5.54. The van der Waals surface area contributed by atoms with Gasteiger partial charge in [-0.25, -0.2) is 0 Å². The molecule has 1 aromatic carbocycles. The molecule has 8 heteroatoms. The van der Waals surface area contributed by atoms with E-state index in [9.17, 15) is 4.79 Å². The maximum atomic E-state index is 12.2. The van der Waals surface area contributed by atoms with Gasteiger partial charge in [0.25, 0.3) is 0 Å². The fraction of sp³-hybridized carbons (Fsp3) is 0.588. The zero-order chi connectivity index (χ0) is 17.5. The van der Waals surface area contributed by atoms with Crippen LogP contribution in [0.3, 0.4) is 0 Å². The van der Waals surface area contributed by atoms with Crippen molar-refractivity contribution in [3.05, 3.63) is 17.7 Å². The highest BCUT2D eigenvalue weighted by molar-refractivity contribution is 5.85. The number of halogens is 1. The van der Waals surface area contributed by atoms with Gasteiger partial charge in [0.05, 0.1) is 26.9 Å². The van der Waals surface area contributed by atoms with E-state index in [0.29, 0.717) is 43.4 Å². The van der Waals surface area contributed by atoms with E-state index in [1.54, 1.807) is 14.2 Å². The largest absolute Gasteiger partial charge is 0.493 e. The molecule has 3 N–H and O–H groups in total. The average Bonchev–Trinajstić information content (AvgIpc) is 3.09. The van der Waals surface area contributed by atoms with Crippen molar-refractivity contribution in [3.8, 4) is 17.2 Å². The van der Waals surface area contributed by atoms with Gasteiger partial charge in [0, 0.05) is 13.1 Å². The lowest BCUT2D eigenvalue weighted by molar-refractivity contribution is -0.132. The highest BCUT2D eigenvalue weighted by Gasteiger charge is 2.29. The Bertz CT molecular complexity index is 545. The Hall–Kier alpha value is -1.70. The Morgan fingerprint density at radius 3 is 2.40 bits per heavy atom. The van der Waals surface area contributed by atoms with Gasteiger partial charge in [0.15, 0.2) is 11.5 Å². The molecule has 0 aliphatic carbocycles. The van der Waals surface area contributed by atoms with Crippen LogP contribution in [0.1, 0.15) is 25.3 Å². The summed E-state index contributed by atoms with van der Waals surface area (Å²) in [5, 5.41) is 2.88. The molecule has 0 saturated carbocycles. The summed E-state index contributed by atoms with van der Waals surface area (Å²) < 4.78 is 21.9. The van der Waals surface area contributed by atoms with Crippen LogP contribution in [0.15, 0.2) is 12.1 Å². The number of carbonyl (C=O) groups is 1. The molecule has 1 aromatic rings. The van der Waals surface area contributed by atoms with Crippen LogP contribution in [0.5, 0.6) is 17.2 Å². The first-order valence-electron chi connectivity index (χ1n) is 8.13. The lowest BCUT2D eigenvalue weighted by Crippen LogP contribution is -2.35. The third-order valence-corrected chi connectivity index (χ3v) is 3.94. The molecule has 2 rings (SSSR count). The zero-order valence-electron chi connectivity index (χ0n) is 14.9. The SMILES string of the molecule is CCOc1c(OC)cc(CNC(=O)[C@@H]2CC[C@H](CN)O2)cc1OC.Cl. The summed E-state index contributed by atoms with van der Waals surface area (Å²) in [5.41, 5.74) is 6.42. The fourth-order valence-electron chi connectivity index (χ4n) is 2.70. The molecule has 142 valence electrons. The van der Waals surface area contributed by atoms with Crippen molar-refractivity contribution in [1.82, 2.24) is 5.32 Å². The van der Waals surface area contributed by atoms with Gasteiger partial charge < -0.3 is 30.0 Å². The average molecular weight is 375 g/mol. The lowest BCUT2D eigenvalue weighted by Gasteiger charge is -2.16. The number of amides is 1. The van der Waals surface area contributed by atoms with E-state index in [4.69, 9.17) is 24.7 Å². The van der Waals surface area contributed by atoms with Crippen molar-refractivity contribution in [2.45, 2.75) is 38.5 Å². The van der Waals surface area contributed by atoms with Gasteiger partial charge >= 0.3 is 0 Å². The van der Waals surface area contributed by atoms with E-state index in [-0.39, 0.29) is 24.4 Å². The zero-order valence-corrected chi connectivity index (χ0v) is 15.7. The molecule has 25 heavy (non-hydrogen) atoms. The van der Waals surface area contributed by atoms with Crippen LogP contribution in [0.25, 0.3) is 0 Å². The van der Waals surface area contributed by atoms with Crippen LogP contribution >= 0.6 is 12.4 Å². The molecule has 0 aromatic heterocycles. The minimum Gasteiger partial charge on any atom is -0.493 e. The van der Waals surface area contributed by atoms with Gasteiger partial charge in [-0.1, -0.05) is 0 Å². The molecule has 1 saturated heterocycles. The summed E-state index contributed by atoms with van der Waals surface area (Å²) >= 11 is 0. The monoisotopic (exact) mass is 374 g/mol. The smallest absolute Gasteiger partial charge is 0.249 e. The highest BCUT2D eigenvalue weighted by Crippen LogP contribution is 2.38. The van der Waals surface area contributed by atoms with Crippen molar-refractivity contribution >= 4 is 18.3 Å². The molecule has 0 radical (unpaired) electrons. The summed E-state index contributed by atoms with van der Waals surface area (Å²) in [5.74, 6) is 1.57. The van der Waals surface area contributed by atoms with Crippen LogP contribution < -0.4 is 25.3 Å². The summed E-state index contributed by atoms with van der Waals surface area (Å²) in [6.07, 6.45) is 1.07. The van der Waals surface area contributed by atoms with E-state index in [2.05, 4.69) is 5.32 Å². The van der Waals surface area contributed by atoms with Crippen molar-refractivity contribution in [2.75, 3.05) is 27.4 Å². The Balaban J connectivity index is 0.00000312. The number of rotatable bonds is 8. The first-order valence-corrected chi connectivity index (χ1v) is 8.13. The van der Waals surface area contributed by atoms with Gasteiger partial charge in [-0.2, -0.15) is 0 Å². The Kier molecular flexibility index (Phi) is 8.82. The Morgan fingerprint density at radius 1 is 1.28 bits per heavy atom. The maximum Gasteiger partial charge on any atom is 0.249 e. The molecule has 1 amide bonds. The molecule has 1 heterocycles. The summed E-state index contributed by atoms with van der Waals surface area (Å²) in [7, 11) is 3.14. The second-order valence-electron chi connectivity index (χ2n) is 5.54. The van der Waals surface area contributed by atoms with E-state index in [1.807, 2.05) is 19.1 Å². The number of hydrogen-bond acceptors (Lipinski definition) is 6. The minimum atomic E-state index is -0.426. The first-order chi connectivity index (χ1) is 11.6. The Labute approximate surface area is 154 Å². The van der Waals surface area contributed by atoms with Crippen molar-refractivity contribution in [3.63, 3.8) is 0 Å². The molecule has 1 fully saturated rings. The molecule has 2 atom stereocenters. The van der Waals surface area contributed by atoms with Crippen molar-refractivity contribution < 1.29 is 23.7 Å². The molecule has 1 aliphatic rings. The molecule has 0 bridgehead atoms. The number of methoxy groups -OCH3 is 2. The van der Waals surface area contributed by atoms with E-state index >= 15 is 0 Å². The van der Waals surface area contributed by atoms with E-state index in [0.717, 1.165) is 12.0 Å². The topological polar surface area (TPSA) is 92.0 Å². The third-order valence-electron chi connectivity index (χ3n) is 3.94. The highest BCUT2D eigenvalue weighted by atomic mass is 35.5. The normalized spacial score (nSPS) is 19.0. The first kappa shape index (κ1) is 21.3. The number of carbonyl (C=O) groups excluding carboxylic acids is 1. The van der Waals surface area contributed by atoms with Gasteiger partial charge in [-0.15, -0.1) is 12.4 Å². The second kappa shape index (κ2) is 10.3. The van der Waals surface area contributed by atoms with Crippen molar-refractivity contribution in [1.29, 1.82) is 0 Å². The predicted octanol–water partition coefficient (Wildman–Crippen LogP) is 1.65. The van der Waals surface area contributed by atoms with E-state index in [1.165, 1.54) is 0 Å². The van der Waals surface area contributed by atoms with E-state index < -0.39 is 6.10 Å². The summed E-state index contributed by atoms with van der Waals surface area (Å²) in [6, 6.07) is 3.65. The van der Waals surface area contributed by atoms with Gasteiger partial charge in [-0.3, -0.25) is 4.79 Å². The Morgan fingerprint density at radius 2 is 1.92 bits per heavy atom. The number of ether oxygens (including phenoxy) is 4. The van der Waals surface area contributed by atoms with Crippen LogP contribution in [0.4, 0.5) is 0 Å². The maximum absolute atomic E-state index is 12.2. The number of nitrogens with one attached hydrogen (secondary N) is 1. The minimum absolute atomic E-state index is 0. The molecule has 1 aliphatic heterocycles. The molecule has 0 spiro atoms. The van der Waals surface area contributed by atoms with Crippen LogP contribution in [-0.4, -0.2) is 45.5 Å². The molecule has 0 unspecified atom stereocenters. The number of benzene rings is 1. The quantitative estimate of drug-likeness (QED) is 0.718. The standard InChI is InChI=1S/C17H26N2O5.ClH/c1-4-23-16-14(21-2)7-11(8-15(16)22-3)10-19-17(20)13-6-5-12(9-18)24-13;/h7-8,12-13H,4-6,9-10,18H2,1-3H3,(H,19,20);1H/t12-,13+;/m1./s1. The number of hydrogen-bond donors (Lipinski definition) is 2. The molecular weight excluding hydrogens is 348 g/mol. The van der Waals surface area contributed by atoms with Gasteiger partial charge in [-0.05, 0) is 37.5 Å². The lowest BCUT2D eigenvalue weighted by atomic mass is 10.1. The molecule has 7 nitrogen and oxygen atoms in total. The summed E-state index contributed by atoms with van der Waals surface area (Å²) in [6.45, 7) is 3.19. The van der Waals surface area contributed by atoms with Crippen LogP contribution in [-0.2, 0) is 16.1 Å². The predicted molar refractivity (Wildman–Crippen MR) is 96.8 cm³/mol. The third kappa shape index (κ3) is 5.39.